The van der Waals surface area contributed by atoms with E-state index < -0.39 is 0 Å². The second-order valence-corrected chi connectivity index (χ2v) is 6.13. The van der Waals surface area contributed by atoms with Crippen LogP contribution in [0.2, 0.25) is 0 Å². The molecule has 0 radical (unpaired) electrons. The van der Waals surface area contributed by atoms with Gasteiger partial charge in [-0.25, -0.2) is 0 Å². The first kappa shape index (κ1) is 18.7. The number of hydrogen-bond donors (Lipinski definition) is 1. The smallest absolute Gasteiger partial charge is 0.273 e. The van der Waals surface area contributed by atoms with Gasteiger partial charge in [-0.1, -0.05) is 32.9 Å². The van der Waals surface area contributed by atoms with Crippen molar-refractivity contribution in [1.82, 2.24) is 15.4 Å². The molecule has 1 rings (SSSR count). The Hall–Kier alpha value is -1.36. The minimum Gasteiger partial charge on any atom is -0.361 e. The molecular weight excluding hydrogens is 278 g/mol. The summed E-state index contributed by atoms with van der Waals surface area (Å²) >= 11 is 0. The molecule has 1 atom stereocenters. The molecule has 1 aromatic rings. The summed E-state index contributed by atoms with van der Waals surface area (Å²) in [6.45, 7) is 12.6. The van der Waals surface area contributed by atoms with Crippen LogP contribution in [0.3, 0.4) is 0 Å². The van der Waals surface area contributed by atoms with Crippen molar-refractivity contribution in [3.63, 3.8) is 0 Å². The molecule has 0 saturated heterocycles. The van der Waals surface area contributed by atoms with E-state index in [-0.39, 0.29) is 17.4 Å². The van der Waals surface area contributed by atoms with E-state index in [1.807, 2.05) is 6.92 Å². The summed E-state index contributed by atoms with van der Waals surface area (Å²) in [5.74, 6) is 0.585. The Morgan fingerprint density at radius 3 is 2.45 bits per heavy atom. The van der Waals surface area contributed by atoms with E-state index in [4.69, 9.17) is 4.52 Å². The van der Waals surface area contributed by atoms with Gasteiger partial charge >= 0.3 is 0 Å². The minimum atomic E-state index is -0.152. The first-order chi connectivity index (χ1) is 10.4. The van der Waals surface area contributed by atoms with Gasteiger partial charge < -0.3 is 14.7 Å². The number of hydrogen-bond acceptors (Lipinski definition) is 4. The third kappa shape index (κ3) is 4.32. The Morgan fingerprint density at radius 2 is 2.00 bits per heavy atom. The zero-order chi connectivity index (χ0) is 16.8. The summed E-state index contributed by atoms with van der Waals surface area (Å²) < 4.78 is 5.12. The topological polar surface area (TPSA) is 58.4 Å². The number of amides is 1. The van der Waals surface area contributed by atoms with Gasteiger partial charge in [-0.05, 0) is 33.4 Å². The molecular formula is C17H31N3O2. The molecule has 0 aliphatic heterocycles. The Kier molecular flexibility index (Phi) is 7.07. The molecule has 0 aliphatic rings. The molecule has 1 N–H and O–H groups in total. The molecule has 5 nitrogen and oxygen atoms in total. The lowest BCUT2D eigenvalue weighted by atomic mass is 9.75. The molecule has 0 spiro atoms. The second kappa shape index (κ2) is 8.32. The standard InChI is InChI=1S/C17H31N3O2/c1-7-14-11-15(19-22-14)16(21)18-13(5)17(8-2,9-3)12-20(6)10-4/h11,13H,7-10,12H2,1-6H3,(H,18,21). The van der Waals surface area contributed by atoms with E-state index in [9.17, 15) is 4.79 Å². The number of aryl methyl sites for hydroxylation is 1. The fourth-order valence-electron chi connectivity index (χ4n) is 2.88. The zero-order valence-electron chi connectivity index (χ0n) is 14.9. The van der Waals surface area contributed by atoms with Crippen LogP contribution in [0.1, 0.15) is 63.7 Å². The average Bonchev–Trinajstić information content (AvgIpc) is 3.01. The monoisotopic (exact) mass is 309 g/mol. The van der Waals surface area contributed by atoms with Crippen LogP contribution < -0.4 is 5.32 Å². The van der Waals surface area contributed by atoms with Crippen molar-refractivity contribution in [2.45, 2.75) is 59.9 Å². The molecule has 1 aromatic heterocycles. The summed E-state index contributed by atoms with van der Waals surface area (Å²) in [6.07, 6.45) is 2.79. The highest BCUT2D eigenvalue weighted by Gasteiger charge is 2.35. The van der Waals surface area contributed by atoms with Gasteiger partial charge in [-0.15, -0.1) is 0 Å². The van der Waals surface area contributed by atoms with Crippen LogP contribution in [0.15, 0.2) is 10.6 Å². The van der Waals surface area contributed by atoms with Crippen LogP contribution in [0.25, 0.3) is 0 Å². The van der Waals surface area contributed by atoms with Crippen LogP contribution in [0.5, 0.6) is 0 Å². The van der Waals surface area contributed by atoms with E-state index >= 15 is 0 Å². The maximum atomic E-state index is 12.4. The highest BCUT2D eigenvalue weighted by atomic mass is 16.5. The van der Waals surface area contributed by atoms with E-state index in [0.717, 1.165) is 38.1 Å². The van der Waals surface area contributed by atoms with Gasteiger partial charge in [0.05, 0.1) is 0 Å². The van der Waals surface area contributed by atoms with Crippen LogP contribution in [0, 0.1) is 5.41 Å². The zero-order valence-corrected chi connectivity index (χ0v) is 14.9. The fraction of sp³-hybridized carbons (Fsp3) is 0.765. The Bertz CT molecular complexity index is 466. The predicted octanol–water partition coefficient (Wildman–Crippen LogP) is 3.11. The molecule has 0 bridgehead atoms. The van der Waals surface area contributed by atoms with Gasteiger partial charge in [0.15, 0.2) is 5.69 Å². The molecule has 0 aliphatic carbocycles. The van der Waals surface area contributed by atoms with Gasteiger partial charge in [-0.2, -0.15) is 0 Å². The molecule has 1 heterocycles. The normalized spacial score (nSPS) is 13.4. The number of rotatable bonds is 9. The predicted molar refractivity (Wildman–Crippen MR) is 89.0 cm³/mol. The van der Waals surface area contributed by atoms with E-state index in [1.54, 1.807) is 6.07 Å². The minimum absolute atomic E-state index is 0.0672. The van der Waals surface area contributed by atoms with Gasteiger partial charge in [0.25, 0.3) is 5.91 Å². The number of carbonyl (C=O) groups is 1. The van der Waals surface area contributed by atoms with Gasteiger partial charge in [0, 0.05) is 30.5 Å². The third-order valence-electron chi connectivity index (χ3n) is 4.94. The summed E-state index contributed by atoms with van der Waals surface area (Å²) in [6, 6.07) is 1.80. The SMILES string of the molecule is CCc1cc(C(=O)NC(C)C(CC)(CC)CN(C)CC)no1. The van der Waals surface area contributed by atoms with Crippen molar-refractivity contribution in [3.05, 3.63) is 17.5 Å². The molecule has 1 amide bonds. The van der Waals surface area contributed by atoms with Crippen LogP contribution in [-0.2, 0) is 6.42 Å². The third-order valence-corrected chi connectivity index (χ3v) is 4.94. The van der Waals surface area contributed by atoms with E-state index in [0.29, 0.717) is 5.69 Å². The highest BCUT2D eigenvalue weighted by molar-refractivity contribution is 5.92. The van der Waals surface area contributed by atoms with Crippen molar-refractivity contribution >= 4 is 5.91 Å². The van der Waals surface area contributed by atoms with Crippen LogP contribution >= 0.6 is 0 Å². The number of nitrogens with zero attached hydrogens (tertiary/aromatic N) is 2. The van der Waals surface area contributed by atoms with Crippen molar-refractivity contribution in [2.24, 2.45) is 5.41 Å². The maximum Gasteiger partial charge on any atom is 0.273 e. The number of nitrogens with one attached hydrogen (secondary N) is 1. The Balaban J connectivity index is 2.81. The largest absolute Gasteiger partial charge is 0.361 e. The lowest BCUT2D eigenvalue weighted by Gasteiger charge is -2.40. The molecule has 0 saturated carbocycles. The first-order valence-corrected chi connectivity index (χ1v) is 8.37. The summed E-state index contributed by atoms with van der Waals surface area (Å²) in [5, 5.41) is 6.97. The summed E-state index contributed by atoms with van der Waals surface area (Å²) in [5.41, 5.74) is 0.436. The number of carbonyl (C=O) groups excluding carboxylic acids is 1. The lowest BCUT2D eigenvalue weighted by molar-refractivity contribution is 0.0802. The summed E-state index contributed by atoms with van der Waals surface area (Å²) in [4.78, 5) is 14.7. The molecule has 22 heavy (non-hydrogen) atoms. The van der Waals surface area contributed by atoms with Crippen molar-refractivity contribution in [3.8, 4) is 0 Å². The molecule has 5 heteroatoms. The maximum absolute atomic E-state index is 12.4. The Labute approximate surface area is 134 Å². The quantitative estimate of drug-likeness (QED) is 0.761. The van der Waals surface area contributed by atoms with Crippen LogP contribution in [-0.4, -0.2) is 42.1 Å². The van der Waals surface area contributed by atoms with Crippen molar-refractivity contribution in [2.75, 3.05) is 20.1 Å². The number of aromatic nitrogens is 1. The summed E-state index contributed by atoms with van der Waals surface area (Å²) in [7, 11) is 2.12. The van der Waals surface area contributed by atoms with Crippen LogP contribution in [0.4, 0.5) is 0 Å². The Morgan fingerprint density at radius 1 is 1.36 bits per heavy atom. The second-order valence-electron chi connectivity index (χ2n) is 6.13. The van der Waals surface area contributed by atoms with E-state index in [2.05, 4.69) is 50.1 Å². The van der Waals surface area contributed by atoms with Gasteiger partial charge in [0.2, 0.25) is 0 Å². The molecule has 1 unspecified atom stereocenters. The lowest BCUT2D eigenvalue weighted by Crippen LogP contribution is -2.50. The van der Waals surface area contributed by atoms with Crippen molar-refractivity contribution < 1.29 is 9.32 Å². The first-order valence-electron chi connectivity index (χ1n) is 8.37. The average molecular weight is 309 g/mol. The molecule has 0 fully saturated rings. The van der Waals surface area contributed by atoms with E-state index in [1.165, 1.54) is 0 Å². The van der Waals surface area contributed by atoms with Gasteiger partial charge in [-0.3, -0.25) is 4.79 Å². The molecule has 0 aromatic carbocycles. The van der Waals surface area contributed by atoms with Crippen molar-refractivity contribution in [1.29, 1.82) is 0 Å². The highest BCUT2D eigenvalue weighted by Crippen LogP contribution is 2.31. The fourth-order valence-corrected chi connectivity index (χ4v) is 2.88. The van der Waals surface area contributed by atoms with Gasteiger partial charge in [0.1, 0.15) is 5.76 Å². The molecule has 126 valence electrons.